The lowest BCUT2D eigenvalue weighted by molar-refractivity contribution is -0.386. The van der Waals surface area contributed by atoms with Crippen molar-refractivity contribution in [3.63, 3.8) is 0 Å². The number of hydrogen-bond acceptors (Lipinski definition) is 6. The van der Waals surface area contributed by atoms with E-state index in [2.05, 4.69) is 5.10 Å². The summed E-state index contributed by atoms with van der Waals surface area (Å²) in [5.41, 5.74) is 1.31. The zero-order chi connectivity index (χ0) is 20.1. The van der Waals surface area contributed by atoms with Gasteiger partial charge in [-0.1, -0.05) is 30.3 Å². The maximum atomic E-state index is 12.4. The maximum Gasteiger partial charge on any atom is 0.328 e. The molecule has 0 radical (unpaired) electrons. The van der Waals surface area contributed by atoms with Crippen LogP contribution in [0.3, 0.4) is 0 Å². The van der Waals surface area contributed by atoms with Gasteiger partial charge in [0.15, 0.2) is 6.10 Å². The second kappa shape index (κ2) is 8.43. The van der Waals surface area contributed by atoms with Crippen LogP contribution in [-0.4, -0.2) is 44.6 Å². The minimum absolute atomic E-state index is 0.130. The summed E-state index contributed by atoms with van der Waals surface area (Å²) in [5.74, 6) is -1.03. The number of aromatic nitrogens is 2. The molecular formula is C18H22N4O5. The Balaban J connectivity index is 1.96. The molecule has 0 N–H and O–H groups in total. The number of likely N-dealkylation sites (N-methyl/N-ethyl adjacent to an activating group) is 1. The lowest BCUT2D eigenvalue weighted by Gasteiger charge is -2.21. The zero-order valence-corrected chi connectivity index (χ0v) is 15.7. The first kappa shape index (κ1) is 20.1. The fraction of sp³-hybridized carbons (Fsp3) is 0.389. The lowest BCUT2D eigenvalue weighted by atomic mass is 10.2. The SMILES string of the molecule is Cc1nn(CC(=O)O[C@H](C)C(=O)N(C)Cc2ccccc2)c(C)c1[N+](=O)[O-]. The number of nitrogens with zero attached hydrogens (tertiary/aromatic N) is 4. The standard InChI is InChI=1S/C18H22N4O5/c1-12-17(22(25)26)13(2)21(19-12)11-16(23)27-14(3)18(24)20(4)10-15-8-6-5-7-9-15/h5-9,14H,10-11H2,1-4H3/t14-/m1/s1. The van der Waals surface area contributed by atoms with E-state index in [1.165, 1.54) is 30.4 Å². The summed E-state index contributed by atoms with van der Waals surface area (Å²) in [6.45, 7) is 4.59. The van der Waals surface area contributed by atoms with E-state index in [-0.39, 0.29) is 29.5 Å². The van der Waals surface area contributed by atoms with E-state index in [1.807, 2.05) is 30.3 Å². The average Bonchev–Trinajstić information content (AvgIpc) is 2.88. The third-order valence-electron chi connectivity index (χ3n) is 4.10. The molecule has 9 nitrogen and oxygen atoms in total. The Labute approximate surface area is 156 Å². The molecule has 0 saturated carbocycles. The van der Waals surface area contributed by atoms with Crippen LogP contribution in [0.5, 0.6) is 0 Å². The van der Waals surface area contributed by atoms with Crippen LogP contribution in [0.4, 0.5) is 5.69 Å². The van der Waals surface area contributed by atoms with Gasteiger partial charge in [-0.15, -0.1) is 0 Å². The number of carbonyl (C=O) groups excluding carboxylic acids is 2. The molecule has 27 heavy (non-hydrogen) atoms. The van der Waals surface area contributed by atoms with Crippen molar-refractivity contribution in [1.29, 1.82) is 0 Å². The molecular weight excluding hydrogens is 352 g/mol. The van der Waals surface area contributed by atoms with Crippen molar-refractivity contribution in [2.75, 3.05) is 7.05 Å². The van der Waals surface area contributed by atoms with Crippen molar-refractivity contribution in [3.05, 3.63) is 57.4 Å². The van der Waals surface area contributed by atoms with Crippen molar-refractivity contribution in [2.24, 2.45) is 0 Å². The number of benzene rings is 1. The van der Waals surface area contributed by atoms with Gasteiger partial charge < -0.3 is 9.64 Å². The lowest BCUT2D eigenvalue weighted by Crippen LogP contribution is -2.37. The van der Waals surface area contributed by atoms with Gasteiger partial charge in [0, 0.05) is 13.6 Å². The van der Waals surface area contributed by atoms with Gasteiger partial charge in [0.1, 0.15) is 17.9 Å². The largest absolute Gasteiger partial charge is 0.451 e. The minimum Gasteiger partial charge on any atom is -0.451 e. The topological polar surface area (TPSA) is 108 Å². The number of esters is 1. The normalized spacial score (nSPS) is 11.7. The van der Waals surface area contributed by atoms with E-state index in [4.69, 9.17) is 4.74 Å². The minimum atomic E-state index is -0.974. The number of aryl methyl sites for hydroxylation is 1. The molecule has 1 aromatic carbocycles. The first-order valence-corrected chi connectivity index (χ1v) is 8.37. The molecule has 144 valence electrons. The summed E-state index contributed by atoms with van der Waals surface area (Å²) < 4.78 is 6.39. The third kappa shape index (κ3) is 4.90. The number of carbonyl (C=O) groups is 2. The van der Waals surface area contributed by atoms with Crippen molar-refractivity contribution < 1.29 is 19.2 Å². The van der Waals surface area contributed by atoms with E-state index in [9.17, 15) is 19.7 Å². The molecule has 2 rings (SSSR count). The molecule has 0 aliphatic carbocycles. The summed E-state index contributed by atoms with van der Waals surface area (Å²) in [6, 6.07) is 9.45. The van der Waals surface area contributed by atoms with Crippen molar-refractivity contribution >= 4 is 17.6 Å². The van der Waals surface area contributed by atoms with Crippen LogP contribution >= 0.6 is 0 Å². The van der Waals surface area contributed by atoms with Gasteiger partial charge in [-0.2, -0.15) is 5.10 Å². The molecule has 2 aromatic rings. The highest BCUT2D eigenvalue weighted by molar-refractivity contribution is 5.83. The molecule has 1 heterocycles. The summed E-state index contributed by atoms with van der Waals surface area (Å²) in [7, 11) is 1.63. The highest BCUT2D eigenvalue weighted by Gasteiger charge is 2.25. The molecule has 0 aliphatic rings. The van der Waals surface area contributed by atoms with E-state index >= 15 is 0 Å². The van der Waals surface area contributed by atoms with Gasteiger partial charge in [-0.25, -0.2) is 0 Å². The highest BCUT2D eigenvalue weighted by atomic mass is 16.6. The Hall–Kier alpha value is -3.23. The highest BCUT2D eigenvalue weighted by Crippen LogP contribution is 2.21. The molecule has 1 atom stereocenters. The van der Waals surface area contributed by atoms with Gasteiger partial charge in [0.2, 0.25) is 0 Å². The van der Waals surface area contributed by atoms with Crippen LogP contribution in [0, 0.1) is 24.0 Å². The number of ether oxygens (including phenoxy) is 1. The molecule has 9 heteroatoms. The molecule has 0 unspecified atom stereocenters. The summed E-state index contributed by atoms with van der Waals surface area (Å²) in [6.07, 6.45) is -0.974. The smallest absolute Gasteiger partial charge is 0.328 e. The van der Waals surface area contributed by atoms with Gasteiger partial charge >= 0.3 is 11.7 Å². The van der Waals surface area contributed by atoms with Gasteiger partial charge in [0.25, 0.3) is 5.91 Å². The van der Waals surface area contributed by atoms with Crippen molar-refractivity contribution in [3.8, 4) is 0 Å². The maximum absolute atomic E-state index is 12.4. The van der Waals surface area contributed by atoms with Crippen molar-refractivity contribution in [1.82, 2.24) is 14.7 Å². The molecule has 0 aliphatic heterocycles. The molecule has 0 spiro atoms. The molecule has 0 saturated heterocycles. The first-order chi connectivity index (χ1) is 12.7. The summed E-state index contributed by atoms with van der Waals surface area (Å²) in [4.78, 5) is 36.5. The van der Waals surface area contributed by atoms with E-state index in [0.29, 0.717) is 6.54 Å². The van der Waals surface area contributed by atoms with Gasteiger partial charge in [0.05, 0.1) is 4.92 Å². The monoisotopic (exact) mass is 374 g/mol. The average molecular weight is 374 g/mol. The number of hydrogen-bond donors (Lipinski definition) is 0. The Bertz CT molecular complexity index is 847. The van der Waals surface area contributed by atoms with Crippen LogP contribution < -0.4 is 0 Å². The predicted octanol–water partition coefficient (Wildman–Crippen LogP) is 2.00. The predicted molar refractivity (Wildman–Crippen MR) is 96.8 cm³/mol. The summed E-state index contributed by atoms with van der Waals surface area (Å²) in [5, 5.41) is 15.0. The van der Waals surface area contributed by atoms with Crippen LogP contribution in [0.15, 0.2) is 30.3 Å². The summed E-state index contributed by atoms with van der Waals surface area (Å²) >= 11 is 0. The number of rotatable bonds is 7. The first-order valence-electron chi connectivity index (χ1n) is 8.37. The van der Waals surface area contributed by atoms with Crippen LogP contribution in [0.1, 0.15) is 23.9 Å². The fourth-order valence-electron chi connectivity index (χ4n) is 2.76. The molecule has 1 aromatic heterocycles. The Morgan fingerprint density at radius 3 is 2.48 bits per heavy atom. The zero-order valence-electron chi connectivity index (χ0n) is 15.7. The number of nitro groups is 1. The molecule has 0 bridgehead atoms. The Kier molecular flexibility index (Phi) is 6.27. The van der Waals surface area contributed by atoms with E-state index in [0.717, 1.165) is 5.56 Å². The second-order valence-electron chi connectivity index (χ2n) is 6.25. The van der Waals surface area contributed by atoms with Crippen molar-refractivity contribution in [2.45, 2.75) is 40.0 Å². The quantitative estimate of drug-likeness (QED) is 0.417. The Morgan fingerprint density at radius 1 is 1.30 bits per heavy atom. The van der Waals surface area contributed by atoms with E-state index < -0.39 is 17.0 Å². The van der Waals surface area contributed by atoms with Crippen LogP contribution in [0.2, 0.25) is 0 Å². The Morgan fingerprint density at radius 2 is 1.93 bits per heavy atom. The third-order valence-corrected chi connectivity index (χ3v) is 4.10. The van der Waals surface area contributed by atoms with E-state index in [1.54, 1.807) is 7.05 Å². The second-order valence-corrected chi connectivity index (χ2v) is 6.25. The van der Waals surface area contributed by atoms with Crippen LogP contribution in [0.25, 0.3) is 0 Å². The molecule has 1 amide bonds. The number of amides is 1. The molecule has 0 fully saturated rings. The van der Waals surface area contributed by atoms with Crippen LogP contribution in [-0.2, 0) is 27.4 Å². The van der Waals surface area contributed by atoms with Gasteiger partial charge in [-0.05, 0) is 26.3 Å². The van der Waals surface area contributed by atoms with Gasteiger partial charge in [-0.3, -0.25) is 24.4 Å². The fourth-order valence-corrected chi connectivity index (χ4v) is 2.76.